The van der Waals surface area contributed by atoms with Gasteiger partial charge in [-0.3, -0.25) is 4.79 Å². The maximum Gasteiger partial charge on any atom is 0.255 e. The van der Waals surface area contributed by atoms with E-state index in [0.717, 1.165) is 28.1 Å². The van der Waals surface area contributed by atoms with E-state index in [4.69, 9.17) is 0 Å². The van der Waals surface area contributed by atoms with Crippen LogP contribution in [0.2, 0.25) is 0 Å². The minimum atomic E-state index is -0.153. The number of pyridine rings is 1. The highest BCUT2D eigenvalue weighted by Crippen LogP contribution is 2.18. The second-order valence-corrected chi connectivity index (χ2v) is 5.15. The van der Waals surface area contributed by atoms with E-state index in [9.17, 15) is 4.79 Å². The second kappa shape index (κ2) is 4.70. The molecule has 0 saturated carbocycles. The average Bonchev–Trinajstić information content (AvgIpc) is 3.10. The van der Waals surface area contributed by atoms with Gasteiger partial charge in [-0.1, -0.05) is 0 Å². The Morgan fingerprint density at radius 2 is 2.18 bits per heavy atom. The van der Waals surface area contributed by atoms with Crippen molar-refractivity contribution in [2.45, 2.75) is 6.92 Å². The summed E-state index contributed by atoms with van der Waals surface area (Å²) in [5.41, 5.74) is 3.99. The van der Waals surface area contributed by atoms with Crippen LogP contribution in [0, 0.1) is 6.92 Å². The fourth-order valence-electron chi connectivity index (χ4n) is 2.48. The molecule has 4 aromatic rings. The van der Waals surface area contributed by atoms with Crippen LogP contribution >= 0.6 is 0 Å². The van der Waals surface area contributed by atoms with Crippen molar-refractivity contribution < 1.29 is 4.79 Å². The van der Waals surface area contributed by atoms with E-state index in [1.54, 1.807) is 24.7 Å². The van der Waals surface area contributed by atoms with Gasteiger partial charge in [-0.05, 0) is 37.3 Å². The van der Waals surface area contributed by atoms with E-state index in [0.29, 0.717) is 5.56 Å². The van der Waals surface area contributed by atoms with Crippen LogP contribution < -0.4 is 5.32 Å². The molecule has 1 amide bonds. The number of hydrogen-bond donors (Lipinski definition) is 2. The standard InChI is InChI=1S/C16H13N5O/c1-10-18-14-3-2-12(7-15(14)19-10)20-16(22)11-4-5-21-9-17-8-13(21)6-11/h2-9H,1H3,(H,18,19)(H,20,22). The average molecular weight is 291 g/mol. The molecule has 0 aliphatic carbocycles. The van der Waals surface area contributed by atoms with E-state index in [1.807, 2.05) is 35.7 Å². The number of nitrogens with one attached hydrogen (secondary N) is 2. The van der Waals surface area contributed by atoms with Gasteiger partial charge in [0.2, 0.25) is 0 Å². The Balaban J connectivity index is 1.64. The lowest BCUT2D eigenvalue weighted by Gasteiger charge is -2.05. The van der Waals surface area contributed by atoms with Gasteiger partial charge in [0.1, 0.15) is 5.82 Å². The topological polar surface area (TPSA) is 75.1 Å². The van der Waals surface area contributed by atoms with Gasteiger partial charge in [-0.25, -0.2) is 9.97 Å². The lowest BCUT2D eigenvalue weighted by Crippen LogP contribution is -2.12. The zero-order chi connectivity index (χ0) is 15.1. The number of H-pyrrole nitrogens is 1. The molecule has 0 atom stereocenters. The third-order valence-corrected chi connectivity index (χ3v) is 3.53. The first-order chi connectivity index (χ1) is 10.7. The second-order valence-electron chi connectivity index (χ2n) is 5.15. The quantitative estimate of drug-likeness (QED) is 0.596. The van der Waals surface area contributed by atoms with Crippen LogP contribution in [0.4, 0.5) is 5.69 Å². The molecule has 0 radical (unpaired) electrons. The Morgan fingerprint density at radius 3 is 3.09 bits per heavy atom. The lowest BCUT2D eigenvalue weighted by atomic mass is 10.2. The van der Waals surface area contributed by atoms with Crippen molar-refractivity contribution in [1.82, 2.24) is 19.4 Å². The predicted octanol–water partition coefficient (Wildman–Crippen LogP) is 2.77. The van der Waals surface area contributed by atoms with Crippen LogP contribution in [0.5, 0.6) is 0 Å². The molecule has 0 spiro atoms. The number of fused-ring (bicyclic) bond motifs is 2. The number of rotatable bonds is 2. The highest BCUT2D eigenvalue weighted by molar-refractivity contribution is 6.05. The summed E-state index contributed by atoms with van der Waals surface area (Å²) >= 11 is 0. The number of anilines is 1. The summed E-state index contributed by atoms with van der Waals surface area (Å²) in [7, 11) is 0. The van der Waals surface area contributed by atoms with Crippen molar-refractivity contribution in [1.29, 1.82) is 0 Å². The molecule has 6 nitrogen and oxygen atoms in total. The lowest BCUT2D eigenvalue weighted by molar-refractivity contribution is 0.102. The molecule has 4 rings (SSSR count). The van der Waals surface area contributed by atoms with Crippen LogP contribution in [0.25, 0.3) is 16.6 Å². The van der Waals surface area contributed by atoms with Gasteiger partial charge in [0.25, 0.3) is 5.91 Å². The van der Waals surface area contributed by atoms with Crippen LogP contribution in [0.3, 0.4) is 0 Å². The van der Waals surface area contributed by atoms with Gasteiger partial charge in [-0.15, -0.1) is 0 Å². The fourth-order valence-corrected chi connectivity index (χ4v) is 2.48. The highest BCUT2D eigenvalue weighted by Gasteiger charge is 2.08. The smallest absolute Gasteiger partial charge is 0.255 e. The van der Waals surface area contributed by atoms with Crippen molar-refractivity contribution in [3.8, 4) is 0 Å². The summed E-state index contributed by atoms with van der Waals surface area (Å²) in [6.07, 6.45) is 5.24. The third kappa shape index (κ3) is 2.10. The monoisotopic (exact) mass is 291 g/mol. The van der Waals surface area contributed by atoms with E-state index in [1.165, 1.54) is 0 Å². The normalized spacial score (nSPS) is 11.1. The molecule has 0 fully saturated rings. The van der Waals surface area contributed by atoms with Gasteiger partial charge in [0.05, 0.1) is 29.1 Å². The highest BCUT2D eigenvalue weighted by atomic mass is 16.1. The van der Waals surface area contributed by atoms with Crippen molar-refractivity contribution >= 4 is 28.1 Å². The van der Waals surface area contributed by atoms with E-state index in [-0.39, 0.29) is 5.91 Å². The van der Waals surface area contributed by atoms with Crippen molar-refractivity contribution in [3.63, 3.8) is 0 Å². The number of aryl methyl sites for hydroxylation is 1. The molecule has 3 heterocycles. The number of amides is 1. The van der Waals surface area contributed by atoms with Crippen molar-refractivity contribution in [3.05, 3.63) is 60.4 Å². The Kier molecular flexibility index (Phi) is 2.69. The Labute approximate surface area is 125 Å². The molecule has 0 aliphatic heterocycles. The maximum absolute atomic E-state index is 12.4. The fraction of sp³-hybridized carbons (Fsp3) is 0.0625. The number of hydrogen-bond acceptors (Lipinski definition) is 3. The number of benzene rings is 1. The maximum atomic E-state index is 12.4. The number of imidazole rings is 2. The summed E-state index contributed by atoms with van der Waals surface area (Å²) in [5.74, 6) is 0.698. The molecule has 108 valence electrons. The minimum absolute atomic E-state index is 0.153. The first-order valence-corrected chi connectivity index (χ1v) is 6.88. The molecular weight excluding hydrogens is 278 g/mol. The molecule has 3 aromatic heterocycles. The minimum Gasteiger partial charge on any atom is -0.342 e. The number of nitrogens with zero attached hydrogens (tertiary/aromatic N) is 3. The SMILES string of the molecule is Cc1nc2ccc(NC(=O)c3ccn4cncc4c3)cc2[nH]1. The Bertz CT molecular complexity index is 998. The van der Waals surface area contributed by atoms with Crippen LogP contribution in [0.1, 0.15) is 16.2 Å². The van der Waals surface area contributed by atoms with E-state index in [2.05, 4.69) is 20.3 Å². The number of carbonyl (C=O) groups excluding carboxylic acids is 1. The van der Waals surface area contributed by atoms with Crippen molar-refractivity contribution in [2.24, 2.45) is 0 Å². The summed E-state index contributed by atoms with van der Waals surface area (Å²) in [6, 6.07) is 9.18. The Hall–Kier alpha value is -3.15. The molecular formula is C16H13N5O. The molecule has 1 aromatic carbocycles. The molecule has 0 saturated heterocycles. The van der Waals surface area contributed by atoms with Gasteiger partial charge >= 0.3 is 0 Å². The number of carbonyl (C=O) groups is 1. The van der Waals surface area contributed by atoms with Gasteiger partial charge < -0.3 is 14.7 Å². The zero-order valence-electron chi connectivity index (χ0n) is 11.9. The first kappa shape index (κ1) is 12.6. The molecule has 0 unspecified atom stereocenters. The third-order valence-electron chi connectivity index (χ3n) is 3.53. The number of aromatic amines is 1. The molecule has 22 heavy (non-hydrogen) atoms. The summed E-state index contributed by atoms with van der Waals surface area (Å²) < 4.78 is 1.86. The van der Waals surface area contributed by atoms with Gasteiger partial charge in [0, 0.05) is 17.4 Å². The Morgan fingerprint density at radius 1 is 1.27 bits per heavy atom. The van der Waals surface area contributed by atoms with Gasteiger partial charge in [-0.2, -0.15) is 0 Å². The van der Waals surface area contributed by atoms with Crippen LogP contribution in [0.15, 0.2) is 49.1 Å². The molecule has 2 N–H and O–H groups in total. The predicted molar refractivity (Wildman–Crippen MR) is 84.0 cm³/mol. The summed E-state index contributed by atoms with van der Waals surface area (Å²) in [5, 5.41) is 2.90. The van der Waals surface area contributed by atoms with Crippen molar-refractivity contribution in [2.75, 3.05) is 5.32 Å². The van der Waals surface area contributed by atoms with E-state index >= 15 is 0 Å². The van der Waals surface area contributed by atoms with Crippen LogP contribution in [-0.4, -0.2) is 25.3 Å². The molecule has 0 bridgehead atoms. The first-order valence-electron chi connectivity index (χ1n) is 6.88. The molecule has 6 heteroatoms. The van der Waals surface area contributed by atoms with Gasteiger partial charge in [0.15, 0.2) is 0 Å². The zero-order valence-corrected chi connectivity index (χ0v) is 11.9. The van der Waals surface area contributed by atoms with E-state index < -0.39 is 0 Å². The number of aromatic nitrogens is 4. The summed E-state index contributed by atoms with van der Waals surface area (Å²) in [6.45, 7) is 1.90. The molecule has 0 aliphatic rings. The van der Waals surface area contributed by atoms with Crippen LogP contribution in [-0.2, 0) is 0 Å². The summed E-state index contributed by atoms with van der Waals surface area (Å²) in [4.78, 5) is 23.9. The largest absolute Gasteiger partial charge is 0.342 e.